The molecular weight excluding hydrogens is 598 g/mol. The number of carbonyl (C=O) groups is 2. The number of nitrogens with one attached hydrogen (secondary N) is 2. The van der Waals surface area contributed by atoms with Crippen LogP contribution in [0.2, 0.25) is 5.02 Å². The summed E-state index contributed by atoms with van der Waals surface area (Å²) in [5.74, 6) is 1.36. The van der Waals surface area contributed by atoms with Crippen molar-refractivity contribution in [2.24, 2.45) is 17.8 Å². The number of carbonyl (C=O) groups excluding carboxylic acids is 2. The topological polar surface area (TPSA) is 98.1 Å². The second kappa shape index (κ2) is 12.9. The number of aryl methyl sites for hydroxylation is 1. The van der Waals surface area contributed by atoms with Gasteiger partial charge in [-0.15, -0.1) is 0 Å². The van der Waals surface area contributed by atoms with E-state index in [1.807, 2.05) is 56.3 Å². The minimum absolute atomic E-state index is 0.0372. The first kappa shape index (κ1) is 30.5. The molecule has 46 heavy (non-hydrogen) atoms. The van der Waals surface area contributed by atoms with E-state index in [2.05, 4.69) is 32.8 Å². The fraction of sp³-hybridized carbons (Fsp3) is 0.405. The van der Waals surface area contributed by atoms with E-state index in [1.165, 1.54) is 11.1 Å². The minimum atomic E-state index is -0.606. The predicted octanol–water partition coefficient (Wildman–Crippen LogP) is 7.34. The van der Waals surface area contributed by atoms with Crippen molar-refractivity contribution in [1.29, 1.82) is 0 Å². The summed E-state index contributed by atoms with van der Waals surface area (Å²) in [6.45, 7) is 4.41. The third-order valence-electron chi connectivity index (χ3n) is 9.61. The fourth-order valence-electron chi connectivity index (χ4n) is 7.13. The number of benzene rings is 2. The standard InChI is InChI=1S/C37H40ClN5O3/c1-22(2)43-32(16-17-40-43)35(44)42-34(33(24-8-9-24)25-10-11-25)36(45)41-28-13-15-29-26(18-28)12-14-30(29)31-19-27(38)20-39-37(31)46-21-23-6-4-3-5-7-23/h3-7,13,15-20,22,24-25,30,33-34H,8-12,14,21H2,1-2H3,(H,41,45)(H,42,44)/t30?,34-/m0/s1. The van der Waals surface area contributed by atoms with Crippen molar-refractivity contribution in [3.8, 4) is 5.88 Å². The summed E-state index contributed by atoms with van der Waals surface area (Å²) in [7, 11) is 0. The summed E-state index contributed by atoms with van der Waals surface area (Å²) in [5.41, 5.74) is 5.63. The van der Waals surface area contributed by atoms with Gasteiger partial charge in [0.05, 0.1) is 5.02 Å². The van der Waals surface area contributed by atoms with E-state index in [4.69, 9.17) is 16.3 Å². The molecular formula is C37H40ClN5O3. The van der Waals surface area contributed by atoms with Gasteiger partial charge < -0.3 is 15.4 Å². The van der Waals surface area contributed by atoms with E-state index in [-0.39, 0.29) is 29.7 Å². The third-order valence-corrected chi connectivity index (χ3v) is 9.81. The average Bonchev–Trinajstić information content (AvgIpc) is 3.98. The monoisotopic (exact) mass is 637 g/mol. The number of nitrogens with zero attached hydrogens (tertiary/aromatic N) is 3. The number of rotatable bonds is 12. The van der Waals surface area contributed by atoms with Gasteiger partial charge in [0, 0.05) is 35.6 Å². The highest BCUT2D eigenvalue weighted by atomic mass is 35.5. The molecule has 2 N–H and O–H groups in total. The van der Waals surface area contributed by atoms with E-state index < -0.39 is 6.04 Å². The molecule has 2 fully saturated rings. The van der Waals surface area contributed by atoms with Crippen LogP contribution in [0.1, 0.15) is 90.7 Å². The maximum absolute atomic E-state index is 14.0. The van der Waals surface area contributed by atoms with Gasteiger partial charge in [0.15, 0.2) is 0 Å². The van der Waals surface area contributed by atoms with Crippen molar-refractivity contribution in [2.75, 3.05) is 5.32 Å². The van der Waals surface area contributed by atoms with E-state index in [0.29, 0.717) is 35.0 Å². The zero-order chi connectivity index (χ0) is 31.8. The van der Waals surface area contributed by atoms with Gasteiger partial charge in [-0.3, -0.25) is 14.3 Å². The van der Waals surface area contributed by atoms with Gasteiger partial charge in [0.2, 0.25) is 11.8 Å². The van der Waals surface area contributed by atoms with Gasteiger partial charge in [-0.25, -0.2) is 4.98 Å². The van der Waals surface area contributed by atoms with E-state index >= 15 is 0 Å². The quantitative estimate of drug-likeness (QED) is 0.169. The first-order valence-corrected chi connectivity index (χ1v) is 16.8. The fourth-order valence-corrected chi connectivity index (χ4v) is 7.29. The van der Waals surface area contributed by atoms with Crippen LogP contribution in [-0.2, 0) is 17.8 Å². The molecule has 2 saturated carbocycles. The molecule has 7 rings (SSSR count). The minimum Gasteiger partial charge on any atom is -0.473 e. The van der Waals surface area contributed by atoms with Crippen molar-refractivity contribution in [2.45, 2.75) is 77.0 Å². The van der Waals surface area contributed by atoms with E-state index in [1.54, 1.807) is 23.1 Å². The first-order valence-electron chi connectivity index (χ1n) is 16.5. The lowest BCUT2D eigenvalue weighted by molar-refractivity contribution is -0.119. The number of halogens is 1. The SMILES string of the molecule is CC(C)n1nccc1C(=O)N[C@H](C(=O)Nc1ccc2c(c1)CCC2c1cc(Cl)cnc1OCc1ccccc1)C(C1CC1)C1CC1. The number of fused-ring (bicyclic) bond motifs is 1. The summed E-state index contributed by atoms with van der Waals surface area (Å²) in [6, 6.07) is 19.3. The first-order chi connectivity index (χ1) is 22.4. The Hall–Kier alpha value is -4.17. The average molecular weight is 638 g/mol. The highest BCUT2D eigenvalue weighted by Crippen LogP contribution is 2.51. The molecule has 1 unspecified atom stereocenters. The second-order valence-electron chi connectivity index (χ2n) is 13.3. The molecule has 4 aromatic rings. The molecule has 238 valence electrons. The van der Waals surface area contributed by atoms with E-state index in [9.17, 15) is 9.59 Å². The smallest absolute Gasteiger partial charge is 0.270 e. The molecule has 0 spiro atoms. The summed E-state index contributed by atoms with van der Waals surface area (Å²) in [5, 5.41) is 11.2. The molecule has 3 aliphatic rings. The van der Waals surface area contributed by atoms with Crippen LogP contribution in [-0.4, -0.2) is 32.6 Å². The Morgan fingerprint density at radius 2 is 1.74 bits per heavy atom. The molecule has 2 aromatic carbocycles. The van der Waals surface area contributed by atoms with Crippen LogP contribution in [0.3, 0.4) is 0 Å². The number of aromatic nitrogens is 3. The summed E-state index contributed by atoms with van der Waals surface area (Å²) >= 11 is 6.42. The number of anilines is 1. The normalized spacial score (nSPS) is 18.0. The summed E-state index contributed by atoms with van der Waals surface area (Å²) in [6.07, 6.45) is 9.47. The Kier molecular flexibility index (Phi) is 8.56. The van der Waals surface area contributed by atoms with Crippen LogP contribution in [0.15, 0.2) is 73.1 Å². The summed E-state index contributed by atoms with van der Waals surface area (Å²) in [4.78, 5) is 32.1. The van der Waals surface area contributed by atoms with Crippen LogP contribution < -0.4 is 15.4 Å². The van der Waals surface area contributed by atoms with Crippen LogP contribution in [0.5, 0.6) is 5.88 Å². The molecule has 2 aromatic heterocycles. The molecule has 2 atom stereocenters. The number of ether oxygens (including phenoxy) is 1. The molecule has 9 heteroatoms. The Balaban J connectivity index is 1.10. The summed E-state index contributed by atoms with van der Waals surface area (Å²) < 4.78 is 7.90. The molecule has 3 aliphatic carbocycles. The zero-order valence-corrected chi connectivity index (χ0v) is 27.0. The molecule has 0 saturated heterocycles. The van der Waals surface area contributed by atoms with Crippen molar-refractivity contribution in [3.63, 3.8) is 0 Å². The lowest BCUT2D eigenvalue weighted by Gasteiger charge is -2.28. The van der Waals surface area contributed by atoms with Gasteiger partial charge in [0.25, 0.3) is 5.91 Å². The van der Waals surface area contributed by atoms with Crippen LogP contribution in [0.4, 0.5) is 5.69 Å². The zero-order valence-electron chi connectivity index (χ0n) is 26.3. The molecule has 0 aliphatic heterocycles. The maximum atomic E-state index is 14.0. The molecule has 2 heterocycles. The van der Waals surface area contributed by atoms with Gasteiger partial charge in [-0.05, 0) is 111 Å². The Morgan fingerprint density at radius 1 is 0.978 bits per heavy atom. The molecule has 2 amide bonds. The highest BCUT2D eigenvalue weighted by molar-refractivity contribution is 6.30. The van der Waals surface area contributed by atoms with Gasteiger partial charge in [-0.1, -0.05) is 48.0 Å². The number of amides is 2. The van der Waals surface area contributed by atoms with Crippen molar-refractivity contribution in [1.82, 2.24) is 20.1 Å². The van der Waals surface area contributed by atoms with Crippen molar-refractivity contribution in [3.05, 3.63) is 106 Å². The molecule has 8 nitrogen and oxygen atoms in total. The highest BCUT2D eigenvalue weighted by Gasteiger charge is 2.48. The maximum Gasteiger partial charge on any atom is 0.270 e. The molecule has 0 radical (unpaired) electrons. The Bertz CT molecular complexity index is 1720. The Morgan fingerprint density at radius 3 is 2.46 bits per heavy atom. The number of hydrogen-bond acceptors (Lipinski definition) is 5. The molecule has 0 bridgehead atoms. The second-order valence-corrected chi connectivity index (χ2v) is 13.7. The Labute approximate surface area is 274 Å². The lowest BCUT2D eigenvalue weighted by Crippen LogP contribution is -2.50. The van der Waals surface area contributed by atoms with Crippen LogP contribution in [0.25, 0.3) is 0 Å². The van der Waals surface area contributed by atoms with Crippen molar-refractivity contribution >= 4 is 29.1 Å². The van der Waals surface area contributed by atoms with Crippen LogP contribution in [0, 0.1) is 17.8 Å². The number of hydrogen-bond donors (Lipinski definition) is 2. The van der Waals surface area contributed by atoms with E-state index in [0.717, 1.165) is 55.3 Å². The largest absolute Gasteiger partial charge is 0.473 e. The van der Waals surface area contributed by atoms with Gasteiger partial charge in [0.1, 0.15) is 18.3 Å². The third kappa shape index (κ3) is 6.54. The predicted molar refractivity (Wildman–Crippen MR) is 178 cm³/mol. The van der Waals surface area contributed by atoms with Gasteiger partial charge >= 0.3 is 0 Å². The van der Waals surface area contributed by atoms with Crippen LogP contribution >= 0.6 is 11.6 Å². The number of pyridine rings is 1. The van der Waals surface area contributed by atoms with Crippen molar-refractivity contribution < 1.29 is 14.3 Å². The lowest BCUT2D eigenvalue weighted by atomic mass is 9.88. The van der Waals surface area contributed by atoms with Gasteiger partial charge in [-0.2, -0.15) is 5.10 Å².